The largest absolute Gasteiger partial charge is 0.490 e. The molecule has 0 atom stereocenters. The number of para-hydroxylation sites is 2. The molecular formula is C24H22Cl3N3O2. The lowest BCUT2D eigenvalue weighted by Gasteiger charge is -2.16. The van der Waals surface area contributed by atoms with E-state index in [1.165, 1.54) is 0 Å². The molecule has 3 aromatic carbocycles. The van der Waals surface area contributed by atoms with Crippen LogP contribution in [0.5, 0.6) is 11.5 Å². The van der Waals surface area contributed by atoms with Crippen LogP contribution in [0.15, 0.2) is 54.6 Å². The lowest BCUT2D eigenvalue weighted by Crippen LogP contribution is -2.14. The SMILES string of the molecule is CCOc1cc(CNCc2nc3ccccc3[nH]2)cc(Cl)c1OCc1ccc(Cl)c(Cl)c1. The van der Waals surface area contributed by atoms with Crippen molar-refractivity contribution in [2.45, 2.75) is 26.6 Å². The van der Waals surface area contributed by atoms with Crippen LogP contribution in [0.2, 0.25) is 15.1 Å². The third-order valence-electron chi connectivity index (χ3n) is 4.80. The van der Waals surface area contributed by atoms with Gasteiger partial charge in [-0.3, -0.25) is 0 Å². The maximum atomic E-state index is 6.54. The van der Waals surface area contributed by atoms with Crippen molar-refractivity contribution >= 4 is 45.8 Å². The number of fused-ring (bicyclic) bond motifs is 1. The second-order valence-corrected chi connectivity index (χ2v) is 8.40. The lowest BCUT2D eigenvalue weighted by molar-refractivity contribution is 0.269. The molecular weight excluding hydrogens is 469 g/mol. The molecule has 0 unspecified atom stereocenters. The Morgan fingerprint density at radius 2 is 1.69 bits per heavy atom. The van der Waals surface area contributed by atoms with Crippen LogP contribution in [0.25, 0.3) is 11.0 Å². The van der Waals surface area contributed by atoms with Gasteiger partial charge >= 0.3 is 0 Å². The van der Waals surface area contributed by atoms with Crippen LogP contribution in [0.1, 0.15) is 23.9 Å². The maximum Gasteiger partial charge on any atom is 0.180 e. The molecule has 0 saturated heterocycles. The number of halogens is 3. The van der Waals surface area contributed by atoms with Crippen LogP contribution in [0, 0.1) is 0 Å². The lowest BCUT2D eigenvalue weighted by atomic mass is 10.2. The van der Waals surface area contributed by atoms with Gasteiger partial charge in [-0.25, -0.2) is 4.98 Å². The van der Waals surface area contributed by atoms with Crippen molar-refractivity contribution in [1.82, 2.24) is 15.3 Å². The van der Waals surface area contributed by atoms with Gasteiger partial charge in [-0.15, -0.1) is 0 Å². The van der Waals surface area contributed by atoms with Crippen LogP contribution >= 0.6 is 34.8 Å². The average molecular weight is 491 g/mol. The van der Waals surface area contributed by atoms with E-state index >= 15 is 0 Å². The molecule has 4 rings (SSSR count). The van der Waals surface area contributed by atoms with Gasteiger partial charge in [0.05, 0.1) is 39.3 Å². The number of hydrogen-bond acceptors (Lipinski definition) is 4. The average Bonchev–Trinajstić information content (AvgIpc) is 3.18. The van der Waals surface area contributed by atoms with E-state index in [2.05, 4.69) is 15.3 Å². The highest BCUT2D eigenvalue weighted by atomic mass is 35.5. The van der Waals surface area contributed by atoms with Crippen molar-refractivity contribution in [1.29, 1.82) is 0 Å². The molecule has 0 aliphatic rings. The molecule has 32 heavy (non-hydrogen) atoms. The first-order valence-corrected chi connectivity index (χ1v) is 11.3. The molecule has 0 saturated carbocycles. The van der Waals surface area contributed by atoms with Gasteiger partial charge in [-0.05, 0) is 54.4 Å². The molecule has 4 aromatic rings. The topological polar surface area (TPSA) is 59.2 Å². The fraction of sp³-hybridized carbons (Fsp3) is 0.208. The highest BCUT2D eigenvalue weighted by Crippen LogP contribution is 2.37. The molecule has 1 aromatic heterocycles. The minimum Gasteiger partial charge on any atom is -0.490 e. The van der Waals surface area contributed by atoms with E-state index < -0.39 is 0 Å². The number of imidazole rings is 1. The molecule has 0 radical (unpaired) electrons. The quantitative estimate of drug-likeness (QED) is 0.271. The summed E-state index contributed by atoms with van der Waals surface area (Å²) in [6.07, 6.45) is 0. The van der Waals surface area contributed by atoms with Crippen molar-refractivity contribution in [2.75, 3.05) is 6.61 Å². The van der Waals surface area contributed by atoms with Gasteiger partial charge in [0, 0.05) is 6.54 Å². The molecule has 0 bridgehead atoms. The summed E-state index contributed by atoms with van der Waals surface area (Å²) in [5, 5.41) is 4.86. The molecule has 0 spiro atoms. The second-order valence-electron chi connectivity index (χ2n) is 7.18. The zero-order valence-corrected chi connectivity index (χ0v) is 19.7. The summed E-state index contributed by atoms with van der Waals surface area (Å²) in [5.41, 5.74) is 3.84. The summed E-state index contributed by atoms with van der Waals surface area (Å²) in [4.78, 5) is 7.89. The van der Waals surface area contributed by atoms with E-state index in [0.717, 1.165) is 28.0 Å². The monoisotopic (exact) mass is 489 g/mol. The first kappa shape index (κ1) is 22.7. The van der Waals surface area contributed by atoms with Gasteiger partial charge in [-0.2, -0.15) is 0 Å². The molecule has 0 aliphatic carbocycles. The van der Waals surface area contributed by atoms with Crippen LogP contribution in [-0.2, 0) is 19.7 Å². The number of nitrogens with zero attached hydrogens (tertiary/aromatic N) is 1. The smallest absolute Gasteiger partial charge is 0.180 e. The van der Waals surface area contributed by atoms with Crippen LogP contribution in [-0.4, -0.2) is 16.6 Å². The molecule has 0 amide bonds. The normalized spacial score (nSPS) is 11.1. The van der Waals surface area contributed by atoms with E-state index in [4.69, 9.17) is 44.3 Å². The number of aromatic amines is 1. The van der Waals surface area contributed by atoms with Crippen molar-refractivity contribution in [3.05, 3.63) is 86.6 Å². The molecule has 166 valence electrons. The number of nitrogens with one attached hydrogen (secondary N) is 2. The first-order valence-electron chi connectivity index (χ1n) is 10.2. The molecule has 0 fully saturated rings. The van der Waals surface area contributed by atoms with E-state index in [0.29, 0.717) is 52.9 Å². The van der Waals surface area contributed by atoms with Crippen LogP contribution < -0.4 is 14.8 Å². The van der Waals surface area contributed by atoms with Crippen molar-refractivity contribution in [3.8, 4) is 11.5 Å². The Bertz CT molecular complexity index is 1190. The minimum absolute atomic E-state index is 0.292. The number of ether oxygens (including phenoxy) is 2. The number of aromatic nitrogens is 2. The molecule has 1 heterocycles. The predicted molar refractivity (Wildman–Crippen MR) is 130 cm³/mol. The Balaban J connectivity index is 1.43. The third-order valence-corrected chi connectivity index (χ3v) is 5.82. The highest BCUT2D eigenvalue weighted by molar-refractivity contribution is 6.42. The fourth-order valence-electron chi connectivity index (χ4n) is 3.33. The van der Waals surface area contributed by atoms with Crippen molar-refractivity contribution in [3.63, 3.8) is 0 Å². The Morgan fingerprint density at radius 3 is 2.47 bits per heavy atom. The number of hydrogen-bond donors (Lipinski definition) is 2. The van der Waals surface area contributed by atoms with E-state index in [1.54, 1.807) is 12.1 Å². The summed E-state index contributed by atoms with van der Waals surface area (Å²) in [7, 11) is 0. The molecule has 8 heteroatoms. The fourth-order valence-corrected chi connectivity index (χ4v) is 3.93. The van der Waals surface area contributed by atoms with Crippen molar-refractivity contribution in [2.24, 2.45) is 0 Å². The minimum atomic E-state index is 0.292. The standard InChI is InChI=1S/C24H22Cl3N3O2/c1-2-31-22-11-16(12-28-13-23-29-20-5-3-4-6-21(20)30-23)10-19(27)24(22)32-14-15-7-8-17(25)18(26)9-15/h3-11,28H,2,12-14H2,1H3,(H,29,30). The second kappa shape index (κ2) is 10.5. The maximum absolute atomic E-state index is 6.54. The summed E-state index contributed by atoms with van der Waals surface area (Å²) in [5.74, 6) is 1.98. The Kier molecular flexibility index (Phi) is 7.43. The third kappa shape index (κ3) is 5.48. The zero-order chi connectivity index (χ0) is 22.5. The van der Waals surface area contributed by atoms with Gasteiger partial charge in [-0.1, -0.05) is 53.0 Å². The zero-order valence-electron chi connectivity index (χ0n) is 17.4. The van der Waals surface area contributed by atoms with Gasteiger partial charge in [0.25, 0.3) is 0 Å². The van der Waals surface area contributed by atoms with Crippen LogP contribution in [0.4, 0.5) is 0 Å². The predicted octanol–water partition coefficient (Wildman–Crippen LogP) is 6.79. The number of H-pyrrole nitrogens is 1. The highest BCUT2D eigenvalue weighted by Gasteiger charge is 2.14. The Morgan fingerprint density at radius 1 is 0.875 bits per heavy atom. The van der Waals surface area contributed by atoms with E-state index in [9.17, 15) is 0 Å². The number of benzene rings is 3. The summed E-state index contributed by atoms with van der Waals surface area (Å²) in [6.45, 7) is 3.91. The summed E-state index contributed by atoms with van der Waals surface area (Å²) >= 11 is 18.6. The Labute approximate surface area is 201 Å². The Hall–Kier alpha value is -2.44. The van der Waals surface area contributed by atoms with Crippen LogP contribution in [0.3, 0.4) is 0 Å². The van der Waals surface area contributed by atoms with E-state index in [1.807, 2.05) is 49.4 Å². The summed E-state index contributed by atoms with van der Waals surface area (Å²) < 4.78 is 11.8. The van der Waals surface area contributed by atoms with Gasteiger partial charge in [0.1, 0.15) is 12.4 Å². The van der Waals surface area contributed by atoms with Crippen molar-refractivity contribution < 1.29 is 9.47 Å². The summed E-state index contributed by atoms with van der Waals surface area (Å²) in [6, 6.07) is 17.1. The van der Waals surface area contributed by atoms with Gasteiger partial charge in [0.2, 0.25) is 0 Å². The molecule has 0 aliphatic heterocycles. The van der Waals surface area contributed by atoms with Gasteiger partial charge in [0.15, 0.2) is 11.5 Å². The molecule has 2 N–H and O–H groups in total. The molecule has 5 nitrogen and oxygen atoms in total. The first-order chi connectivity index (χ1) is 15.5. The van der Waals surface area contributed by atoms with E-state index in [-0.39, 0.29) is 0 Å². The number of rotatable bonds is 9. The van der Waals surface area contributed by atoms with Gasteiger partial charge < -0.3 is 19.8 Å².